The van der Waals surface area contributed by atoms with Gasteiger partial charge in [-0.1, -0.05) is 6.92 Å². The first kappa shape index (κ1) is 15.8. The average molecular weight is 232 g/mol. The van der Waals surface area contributed by atoms with Crippen molar-refractivity contribution >= 4 is 0 Å². The second-order valence-corrected chi connectivity index (χ2v) is 4.65. The molecule has 0 radical (unpaired) electrons. The molecule has 0 fully saturated rings. The first-order chi connectivity index (χ1) is 7.52. The summed E-state index contributed by atoms with van der Waals surface area (Å²) in [6.07, 6.45) is 0.932. The molecule has 0 aliphatic heterocycles. The van der Waals surface area contributed by atoms with Crippen LogP contribution >= 0.6 is 0 Å². The molecule has 0 saturated carbocycles. The number of methoxy groups -OCH3 is 1. The molecule has 0 aliphatic rings. The summed E-state index contributed by atoms with van der Waals surface area (Å²) < 4.78 is 5.16. The SMILES string of the molecule is CCN(CCC(C)(CO)NC)C(C)COC. The van der Waals surface area contributed by atoms with E-state index in [0.717, 1.165) is 26.1 Å². The van der Waals surface area contributed by atoms with E-state index in [1.54, 1.807) is 7.11 Å². The summed E-state index contributed by atoms with van der Waals surface area (Å²) in [5.74, 6) is 0. The minimum absolute atomic E-state index is 0.166. The fourth-order valence-corrected chi connectivity index (χ4v) is 1.71. The molecule has 0 aromatic carbocycles. The molecule has 2 N–H and O–H groups in total. The summed E-state index contributed by atoms with van der Waals surface area (Å²) in [7, 11) is 3.63. The van der Waals surface area contributed by atoms with E-state index >= 15 is 0 Å². The number of rotatable bonds is 9. The number of hydrogen-bond donors (Lipinski definition) is 2. The van der Waals surface area contributed by atoms with Crippen molar-refractivity contribution in [3.8, 4) is 0 Å². The van der Waals surface area contributed by atoms with Gasteiger partial charge in [0.15, 0.2) is 0 Å². The van der Waals surface area contributed by atoms with Crippen LogP contribution in [0.3, 0.4) is 0 Å². The van der Waals surface area contributed by atoms with E-state index in [0.29, 0.717) is 6.04 Å². The number of likely N-dealkylation sites (N-methyl/N-ethyl adjacent to an activating group) is 2. The van der Waals surface area contributed by atoms with E-state index < -0.39 is 0 Å². The van der Waals surface area contributed by atoms with Gasteiger partial charge in [0, 0.05) is 25.2 Å². The highest BCUT2D eigenvalue weighted by Crippen LogP contribution is 2.10. The minimum atomic E-state index is -0.180. The molecule has 4 heteroatoms. The largest absolute Gasteiger partial charge is 0.394 e. The van der Waals surface area contributed by atoms with Crippen LogP contribution in [-0.4, -0.2) is 62.0 Å². The molecule has 98 valence electrons. The lowest BCUT2D eigenvalue weighted by molar-refractivity contribution is 0.0881. The number of aliphatic hydroxyl groups excluding tert-OH is 1. The van der Waals surface area contributed by atoms with E-state index in [9.17, 15) is 5.11 Å². The summed E-state index contributed by atoms with van der Waals surface area (Å²) in [4.78, 5) is 2.37. The highest BCUT2D eigenvalue weighted by Gasteiger charge is 2.22. The Hall–Kier alpha value is -0.160. The maximum absolute atomic E-state index is 9.31. The molecule has 2 unspecified atom stereocenters. The van der Waals surface area contributed by atoms with Gasteiger partial charge < -0.3 is 15.2 Å². The summed E-state index contributed by atoms with van der Waals surface area (Å²) in [5.41, 5.74) is -0.180. The number of ether oxygens (including phenoxy) is 1. The molecule has 0 heterocycles. The van der Waals surface area contributed by atoms with Crippen LogP contribution in [0.15, 0.2) is 0 Å². The third kappa shape index (κ3) is 5.25. The van der Waals surface area contributed by atoms with E-state index in [1.165, 1.54) is 0 Å². The first-order valence-corrected chi connectivity index (χ1v) is 6.05. The van der Waals surface area contributed by atoms with Gasteiger partial charge in [-0.15, -0.1) is 0 Å². The van der Waals surface area contributed by atoms with Crippen LogP contribution in [0.25, 0.3) is 0 Å². The number of nitrogens with zero attached hydrogens (tertiary/aromatic N) is 1. The third-order valence-electron chi connectivity index (χ3n) is 3.34. The van der Waals surface area contributed by atoms with Crippen molar-refractivity contribution in [1.82, 2.24) is 10.2 Å². The molecule has 0 amide bonds. The molecule has 0 rings (SSSR count). The summed E-state index contributed by atoms with van der Waals surface area (Å²) in [6.45, 7) is 9.27. The molecular weight excluding hydrogens is 204 g/mol. The lowest BCUT2D eigenvalue weighted by Gasteiger charge is -2.33. The predicted octanol–water partition coefficient (Wildman–Crippen LogP) is 0.704. The van der Waals surface area contributed by atoms with Crippen LogP contribution in [-0.2, 0) is 4.74 Å². The van der Waals surface area contributed by atoms with Crippen molar-refractivity contribution in [1.29, 1.82) is 0 Å². The fourth-order valence-electron chi connectivity index (χ4n) is 1.71. The van der Waals surface area contributed by atoms with Gasteiger partial charge in [0.1, 0.15) is 0 Å². The van der Waals surface area contributed by atoms with Crippen molar-refractivity contribution in [2.75, 3.05) is 40.5 Å². The Bertz CT molecular complexity index is 172. The first-order valence-electron chi connectivity index (χ1n) is 6.05. The van der Waals surface area contributed by atoms with E-state index in [-0.39, 0.29) is 12.1 Å². The maximum Gasteiger partial charge on any atom is 0.0615 e. The van der Waals surface area contributed by atoms with E-state index in [4.69, 9.17) is 4.74 Å². The van der Waals surface area contributed by atoms with Gasteiger partial charge in [0.2, 0.25) is 0 Å². The van der Waals surface area contributed by atoms with Gasteiger partial charge in [-0.2, -0.15) is 0 Å². The second kappa shape index (κ2) is 8.01. The Kier molecular flexibility index (Phi) is 7.93. The normalized spacial score (nSPS) is 17.4. The maximum atomic E-state index is 9.31. The van der Waals surface area contributed by atoms with Gasteiger partial charge in [-0.25, -0.2) is 0 Å². The molecule has 0 aromatic heterocycles. The Morgan fingerprint density at radius 3 is 2.50 bits per heavy atom. The van der Waals surface area contributed by atoms with Crippen molar-refractivity contribution in [3.05, 3.63) is 0 Å². The standard InChI is InChI=1S/C12H28N2O2/c1-6-14(11(2)9-16-5)8-7-12(3,10-15)13-4/h11,13,15H,6-10H2,1-5H3. The zero-order chi connectivity index (χ0) is 12.6. The summed E-state index contributed by atoms with van der Waals surface area (Å²) in [6, 6.07) is 0.426. The zero-order valence-corrected chi connectivity index (χ0v) is 11.4. The zero-order valence-electron chi connectivity index (χ0n) is 11.4. The highest BCUT2D eigenvalue weighted by molar-refractivity contribution is 4.82. The van der Waals surface area contributed by atoms with Crippen molar-refractivity contribution in [2.24, 2.45) is 0 Å². The third-order valence-corrected chi connectivity index (χ3v) is 3.34. The quantitative estimate of drug-likeness (QED) is 0.614. The van der Waals surface area contributed by atoms with Gasteiger partial charge in [-0.3, -0.25) is 4.90 Å². The number of aliphatic hydroxyl groups is 1. The monoisotopic (exact) mass is 232 g/mol. The molecular formula is C12H28N2O2. The van der Waals surface area contributed by atoms with Gasteiger partial charge in [0.25, 0.3) is 0 Å². The summed E-state index contributed by atoms with van der Waals surface area (Å²) >= 11 is 0. The van der Waals surface area contributed by atoms with E-state index in [1.807, 2.05) is 14.0 Å². The van der Waals surface area contributed by atoms with Gasteiger partial charge in [0.05, 0.1) is 13.2 Å². The number of hydrogen-bond acceptors (Lipinski definition) is 4. The van der Waals surface area contributed by atoms with Gasteiger partial charge >= 0.3 is 0 Å². The number of nitrogens with one attached hydrogen (secondary N) is 1. The smallest absolute Gasteiger partial charge is 0.0615 e. The molecule has 0 spiro atoms. The van der Waals surface area contributed by atoms with Gasteiger partial charge in [-0.05, 0) is 33.9 Å². The van der Waals surface area contributed by atoms with Crippen molar-refractivity contribution in [3.63, 3.8) is 0 Å². The predicted molar refractivity (Wildman–Crippen MR) is 67.8 cm³/mol. The Labute approximate surface area is 100.0 Å². The molecule has 0 saturated heterocycles. The highest BCUT2D eigenvalue weighted by atomic mass is 16.5. The average Bonchev–Trinajstić information content (AvgIpc) is 2.30. The lowest BCUT2D eigenvalue weighted by atomic mass is 9.99. The van der Waals surface area contributed by atoms with Crippen LogP contribution < -0.4 is 5.32 Å². The molecule has 0 bridgehead atoms. The van der Waals surface area contributed by atoms with Crippen LogP contribution in [0.2, 0.25) is 0 Å². The minimum Gasteiger partial charge on any atom is -0.394 e. The van der Waals surface area contributed by atoms with Crippen LogP contribution in [0.5, 0.6) is 0 Å². The van der Waals surface area contributed by atoms with E-state index in [2.05, 4.69) is 24.1 Å². The fraction of sp³-hybridized carbons (Fsp3) is 1.00. The lowest BCUT2D eigenvalue weighted by Crippen LogP contribution is -2.47. The second-order valence-electron chi connectivity index (χ2n) is 4.65. The Morgan fingerprint density at radius 1 is 1.50 bits per heavy atom. The topological polar surface area (TPSA) is 44.7 Å². The van der Waals surface area contributed by atoms with Crippen LogP contribution in [0.4, 0.5) is 0 Å². The van der Waals surface area contributed by atoms with Crippen LogP contribution in [0, 0.1) is 0 Å². The van der Waals surface area contributed by atoms with Crippen molar-refractivity contribution in [2.45, 2.75) is 38.8 Å². The van der Waals surface area contributed by atoms with Crippen LogP contribution in [0.1, 0.15) is 27.2 Å². The molecule has 0 aromatic rings. The molecule has 0 aliphatic carbocycles. The van der Waals surface area contributed by atoms with Crippen molar-refractivity contribution < 1.29 is 9.84 Å². The summed E-state index contributed by atoms with van der Waals surface area (Å²) in [5, 5.41) is 12.5. The molecule has 4 nitrogen and oxygen atoms in total. The Morgan fingerprint density at radius 2 is 2.12 bits per heavy atom. The molecule has 16 heavy (non-hydrogen) atoms. The molecule has 2 atom stereocenters. The Balaban J connectivity index is 4.12.